The van der Waals surface area contributed by atoms with E-state index >= 15 is 0 Å². The van der Waals surface area contributed by atoms with E-state index in [9.17, 15) is 0 Å². The van der Waals surface area contributed by atoms with Crippen molar-refractivity contribution in [3.05, 3.63) is 58.7 Å². The third kappa shape index (κ3) is 5.08. The molecule has 2 aromatic carbocycles. The first-order chi connectivity index (χ1) is 11.2. The Morgan fingerprint density at radius 1 is 0.652 bits per heavy atom. The van der Waals surface area contributed by atoms with Crippen molar-refractivity contribution in [3.8, 4) is 11.5 Å². The summed E-state index contributed by atoms with van der Waals surface area (Å²) in [6.07, 6.45) is 3.72. The third-order valence-corrected chi connectivity index (χ3v) is 3.97. The minimum absolute atomic E-state index is 0.651. The molecule has 0 spiro atoms. The molecule has 3 nitrogen and oxygen atoms in total. The van der Waals surface area contributed by atoms with Crippen LogP contribution in [0.4, 0.5) is 0 Å². The molecule has 0 aliphatic rings. The monoisotopic (exact) mass is 312 g/mol. The molecule has 4 N–H and O–H groups in total. The molecule has 0 radical (unpaired) electrons. The van der Waals surface area contributed by atoms with E-state index in [-0.39, 0.29) is 0 Å². The fourth-order valence-electron chi connectivity index (χ4n) is 2.74. The second-order valence-corrected chi connectivity index (χ2v) is 5.86. The molecular formula is C20H28N2O. The van der Waals surface area contributed by atoms with Crippen molar-refractivity contribution in [3.63, 3.8) is 0 Å². The number of hydrogen-bond acceptors (Lipinski definition) is 3. The topological polar surface area (TPSA) is 61.3 Å². The lowest BCUT2D eigenvalue weighted by molar-refractivity contribution is 0.480. The Labute approximate surface area is 139 Å². The molecule has 0 bridgehead atoms. The van der Waals surface area contributed by atoms with Gasteiger partial charge >= 0.3 is 0 Å². The maximum Gasteiger partial charge on any atom is 0.127 e. The molecule has 0 atom stereocenters. The summed E-state index contributed by atoms with van der Waals surface area (Å²) in [4.78, 5) is 0. The van der Waals surface area contributed by atoms with Gasteiger partial charge in [-0.3, -0.25) is 0 Å². The van der Waals surface area contributed by atoms with Crippen molar-refractivity contribution in [2.24, 2.45) is 11.5 Å². The van der Waals surface area contributed by atoms with Crippen LogP contribution < -0.4 is 16.2 Å². The van der Waals surface area contributed by atoms with Crippen LogP contribution in [0, 0.1) is 0 Å². The van der Waals surface area contributed by atoms with Gasteiger partial charge in [0.05, 0.1) is 0 Å². The first-order valence-electron chi connectivity index (χ1n) is 8.52. The van der Waals surface area contributed by atoms with Crippen molar-refractivity contribution in [1.82, 2.24) is 0 Å². The molecule has 0 aliphatic carbocycles. The van der Waals surface area contributed by atoms with E-state index < -0.39 is 0 Å². The van der Waals surface area contributed by atoms with Crippen molar-refractivity contribution in [2.45, 2.75) is 39.5 Å². The lowest BCUT2D eigenvalue weighted by Gasteiger charge is -2.12. The lowest BCUT2D eigenvalue weighted by atomic mass is 10.0. The molecule has 0 saturated carbocycles. The van der Waals surface area contributed by atoms with Crippen molar-refractivity contribution in [2.75, 3.05) is 13.1 Å². The Morgan fingerprint density at radius 2 is 1.04 bits per heavy atom. The third-order valence-electron chi connectivity index (χ3n) is 3.97. The van der Waals surface area contributed by atoms with Gasteiger partial charge in [-0.15, -0.1) is 0 Å². The molecule has 2 aromatic rings. The second-order valence-electron chi connectivity index (χ2n) is 5.86. The maximum absolute atomic E-state index is 6.16. The largest absolute Gasteiger partial charge is 0.457 e. The molecule has 0 aromatic heterocycles. The lowest BCUT2D eigenvalue weighted by Crippen LogP contribution is -2.04. The van der Waals surface area contributed by atoms with Crippen LogP contribution in [0.2, 0.25) is 0 Å². The van der Waals surface area contributed by atoms with E-state index in [0.29, 0.717) is 13.1 Å². The van der Waals surface area contributed by atoms with E-state index in [0.717, 1.165) is 37.2 Å². The Kier molecular flexibility index (Phi) is 6.63. The van der Waals surface area contributed by atoms with Crippen LogP contribution >= 0.6 is 0 Å². The van der Waals surface area contributed by atoms with Crippen molar-refractivity contribution >= 4 is 0 Å². The van der Waals surface area contributed by atoms with E-state index in [1.54, 1.807) is 0 Å². The number of benzene rings is 2. The average Bonchev–Trinajstić information content (AvgIpc) is 2.55. The zero-order valence-electron chi connectivity index (χ0n) is 14.3. The predicted molar refractivity (Wildman–Crippen MR) is 97.2 cm³/mol. The van der Waals surface area contributed by atoms with Gasteiger partial charge in [-0.1, -0.05) is 26.0 Å². The normalized spacial score (nSPS) is 10.8. The van der Waals surface area contributed by atoms with Gasteiger partial charge in [-0.2, -0.15) is 0 Å². The first kappa shape index (κ1) is 17.5. The van der Waals surface area contributed by atoms with Gasteiger partial charge in [0, 0.05) is 0 Å². The smallest absolute Gasteiger partial charge is 0.127 e. The average molecular weight is 312 g/mol. The van der Waals surface area contributed by atoms with Crippen LogP contribution in [0.25, 0.3) is 0 Å². The van der Waals surface area contributed by atoms with Gasteiger partial charge < -0.3 is 16.2 Å². The van der Waals surface area contributed by atoms with Crippen LogP contribution in [0.1, 0.15) is 36.1 Å². The molecule has 0 heterocycles. The number of ether oxygens (including phenoxy) is 1. The summed E-state index contributed by atoms with van der Waals surface area (Å²) in [6, 6.07) is 12.8. The van der Waals surface area contributed by atoms with Crippen LogP contribution in [-0.4, -0.2) is 13.1 Å². The molecule has 0 aliphatic heterocycles. The van der Waals surface area contributed by atoms with Crippen LogP contribution in [0.15, 0.2) is 36.4 Å². The molecule has 124 valence electrons. The molecule has 0 unspecified atom stereocenters. The van der Waals surface area contributed by atoms with Crippen molar-refractivity contribution in [1.29, 1.82) is 0 Å². The summed E-state index contributed by atoms with van der Waals surface area (Å²) in [6.45, 7) is 5.61. The van der Waals surface area contributed by atoms with Crippen LogP contribution in [0.3, 0.4) is 0 Å². The number of hydrogen-bond donors (Lipinski definition) is 2. The standard InChI is InChI=1S/C20H28N2O/c1-3-15-9-17(5-7-21)13-19(11-15)23-20-12-16(4-2)10-18(14-20)6-8-22/h9-14H,3-8,21-22H2,1-2H3. The van der Waals surface area contributed by atoms with Crippen LogP contribution in [0.5, 0.6) is 11.5 Å². The van der Waals surface area contributed by atoms with E-state index in [4.69, 9.17) is 16.2 Å². The van der Waals surface area contributed by atoms with Crippen molar-refractivity contribution < 1.29 is 4.74 Å². The SMILES string of the molecule is CCc1cc(CCN)cc(Oc2cc(CC)cc(CCN)c2)c1. The summed E-state index contributed by atoms with van der Waals surface area (Å²) in [7, 11) is 0. The van der Waals surface area contributed by atoms with E-state index in [1.807, 2.05) is 0 Å². The highest BCUT2D eigenvalue weighted by molar-refractivity contribution is 5.41. The Balaban J connectivity index is 2.30. The summed E-state index contributed by atoms with van der Waals surface area (Å²) in [5.41, 5.74) is 16.4. The molecule has 0 amide bonds. The molecule has 0 saturated heterocycles. The maximum atomic E-state index is 6.16. The second kappa shape index (κ2) is 8.70. The first-order valence-corrected chi connectivity index (χ1v) is 8.52. The van der Waals surface area contributed by atoms with Gasteiger partial charge in [0.25, 0.3) is 0 Å². The van der Waals surface area contributed by atoms with Gasteiger partial charge in [0.2, 0.25) is 0 Å². The van der Waals surface area contributed by atoms with Crippen LogP contribution in [-0.2, 0) is 25.7 Å². The number of rotatable bonds is 8. The summed E-state index contributed by atoms with van der Waals surface area (Å²) in [5, 5.41) is 0. The van der Waals surface area contributed by atoms with Gasteiger partial charge in [0.1, 0.15) is 11.5 Å². The number of aryl methyl sites for hydroxylation is 2. The van der Waals surface area contributed by atoms with E-state index in [1.165, 1.54) is 22.3 Å². The minimum atomic E-state index is 0.651. The highest BCUT2D eigenvalue weighted by Gasteiger charge is 2.05. The predicted octanol–water partition coefficient (Wildman–Crippen LogP) is 3.61. The van der Waals surface area contributed by atoms with Gasteiger partial charge in [-0.25, -0.2) is 0 Å². The molecule has 3 heteroatoms. The fraction of sp³-hybridized carbons (Fsp3) is 0.400. The minimum Gasteiger partial charge on any atom is -0.457 e. The summed E-state index contributed by atoms with van der Waals surface area (Å²) >= 11 is 0. The van der Waals surface area contributed by atoms with Gasteiger partial charge in [-0.05, 0) is 85.3 Å². The molecular weight excluding hydrogens is 284 g/mol. The van der Waals surface area contributed by atoms with Gasteiger partial charge in [0.15, 0.2) is 0 Å². The summed E-state index contributed by atoms with van der Waals surface area (Å²) in [5.74, 6) is 1.78. The molecule has 2 rings (SSSR count). The zero-order valence-corrected chi connectivity index (χ0v) is 14.3. The molecule has 23 heavy (non-hydrogen) atoms. The quantitative estimate of drug-likeness (QED) is 0.783. The highest BCUT2D eigenvalue weighted by atomic mass is 16.5. The van der Waals surface area contributed by atoms with E-state index in [2.05, 4.69) is 50.2 Å². The Morgan fingerprint density at radius 3 is 1.39 bits per heavy atom. The fourth-order valence-corrected chi connectivity index (χ4v) is 2.74. The Hall–Kier alpha value is -1.84. The molecule has 0 fully saturated rings. The summed E-state index contributed by atoms with van der Waals surface area (Å²) < 4.78 is 6.16. The zero-order chi connectivity index (χ0) is 16.7. The number of nitrogens with two attached hydrogens (primary N) is 2. The highest BCUT2D eigenvalue weighted by Crippen LogP contribution is 2.27. The Bertz CT molecular complexity index is 582.